The van der Waals surface area contributed by atoms with E-state index < -0.39 is 0 Å². The molecule has 3 heteroatoms. The van der Waals surface area contributed by atoms with Gasteiger partial charge in [-0.15, -0.1) is 0 Å². The zero-order valence-electron chi connectivity index (χ0n) is 14.1. The maximum absolute atomic E-state index is 5.44. The van der Waals surface area contributed by atoms with E-state index in [1.807, 2.05) is 19.1 Å². The number of para-hydroxylation sites is 1. The molecule has 118 valence electrons. The molecule has 1 aromatic heterocycles. The number of hydrogen-bond acceptors (Lipinski definition) is 3. The van der Waals surface area contributed by atoms with E-state index in [9.17, 15) is 0 Å². The Bertz CT molecular complexity index is 856. The van der Waals surface area contributed by atoms with E-state index in [4.69, 9.17) is 4.74 Å². The minimum absolute atomic E-state index is 0.795. The van der Waals surface area contributed by atoms with Crippen molar-refractivity contribution in [1.82, 2.24) is 4.98 Å². The lowest BCUT2D eigenvalue weighted by atomic mass is 10.0. The van der Waals surface area contributed by atoms with Crippen molar-refractivity contribution in [3.8, 4) is 5.75 Å². The molecule has 0 atom stereocenters. The molecule has 2 aromatic carbocycles. The Morgan fingerprint density at radius 2 is 1.83 bits per heavy atom. The molecule has 3 aromatic rings. The SMILES string of the molecule is COc1cccc2c(NCc3cccc(C)c3C)cc(C)nc12. The lowest BCUT2D eigenvalue weighted by Gasteiger charge is -2.14. The van der Waals surface area contributed by atoms with Gasteiger partial charge in [0.2, 0.25) is 0 Å². The number of ether oxygens (including phenoxy) is 1. The number of pyridine rings is 1. The summed E-state index contributed by atoms with van der Waals surface area (Å²) in [6, 6.07) is 14.5. The van der Waals surface area contributed by atoms with Gasteiger partial charge in [-0.3, -0.25) is 0 Å². The second kappa shape index (κ2) is 6.29. The molecule has 1 heterocycles. The molecule has 0 aliphatic carbocycles. The van der Waals surface area contributed by atoms with Gasteiger partial charge in [-0.1, -0.05) is 30.3 Å². The van der Waals surface area contributed by atoms with Gasteiger partial charge in [0, 0.05) is 23.3 Å². The lowest BCUT2D eigenvalue weighted by Crippen LogP contribution is -2.04. The van der Waals surface area contributed by atoms with Crippen molar-refractivity contribution in [3.63, 3.8) is 0 Å². The summed E-state index contributed by atoms with van der Waals surface area (Å²) in [5, 5.41) is 4.65. The third-order valence-corrected chi connectivity index (χ3v) is 4.34. The predicted molar refractivity (Wildman–Crippen MR) is 96.3 cm³/mol. The fourth-order valence-corrected chi connectivity index (χ4v) is 2.86. The van der Waals surface area contributed by atoms with Crippen LogP contribution in [0.4, 0.5) is 5.69 Å². The number of methoxy groups -OCH3 is 1. The number of aromatic nitrogens is 1. The highest BCUT2D eigenvalue weighted by Gasteiger charge is 2.09. The Labute approximate surface area is 137 Å². The highest BCUT2D eigenvalue weighted by molar-refractivity contribution is 5.95. The Kier molecular flexibility index (Phi) is 4.20. The first kappa shape index (κ1) is 15.3. The summed E-state index contributed by atoms with van der Waals surface area (Å²) in [5.74, 6) is 0.806. The minimum Gasteiger partial charge on any atom is -0.494 e. The molecule has 0 saturated heterocycles. The quantitative estimate of drug-likeness (QED) is 0.753. The summed E-state index contributed by atoms with van der Waals surface area (Å²) in [7, 11) is 1.68. The zero-order valence-corrected chi connectivity index (χ0v) is 14.1. The van der Waals surface area contributed by atoms with E-state index >= 15 is 0 Å². The highest BCUT2D eigenvalue weighted by atomic mass is 16.5. The van der Waals surface area contributed by atoms with Crippen LogP contribution in [-0.4, -0.2) is 12.1 Å². The van der Waals surface area contributed by atoms with Crippen LogP contribution in [0.3, 0.4) is 0 Å². The molecule has 0 fully saturated rings. The summed E-state index contributed by atoms with van der Waals surface area (Å²) in [6.45, 7) is 7.12. The van der Waals surface area contributed by atoms with Crippen LogP contribution in [0.1, 0.15) is 22.4 Å². The predicted octanol–water partition coefficient (Wildman–Crippen LogP) is 4.78. The summed E-state index contributed by atoms with van der Waals surface area (Å²) in [5.41, 5.74) is 6.95. The highest BCUT2D eigenvalue weighted by Crippen LogP contribution is 2.30. The molecule has 0 bridgehead atoms. The number of anilines is 1. The van der Waals surface area contributed by atoms with E-state index in [1.165, 1.54) is 16.7 Å². The van der Waals surface area contributed by atoms with E-state index in [0.29, 0.717) is 0 Å². The van der Waals surface area contributed by atoms with E-state index in [-0.39, 0.29) is 0 Å². The summed E-state index contributed by atoms with van der Waals surface area (Å²) >= 11 is 0. The smallest absolute Gasteiger partial charge is 0.145 e. The largest absolute Gasteiger partial charge is 0.494 e. The topological polar surface area (TPSA) is 34.1 Å². The van der Waals surface area contributed by atoms with Crippen molar-refractivity contribution in [2.45, 2.75) is 27.3 Å². The molecule has 0 saturated carbocycles. The number of nitrogens with zero attached hydrogens (tertiary/aromatic N) is 1. The van der Waals surface area contributed by atoms with Gasteiger partial charge in [0.15, 0.2) is 0 Å². The van der Waals surface area contributed by atoms with Crippen molar-refractivity contribution < 1.29 is 4.74 Å². The van der Waals surface area contributed by atoms with Crippen LogP contribution in [0, 0.1) is 20.8 Å². The maximum Gasteiger partial charge on any atom is 0.145 e. The molecule has 1 N–H and O–H groups in total. The second-order valence-corrected chi connectivity index (χ2v) is 5.88. The molecule has 23 heavy (non-hydrogen) atoms. The molecule has 0 radical (unpaired) electrons. The van der Waals surface area contributed by atoms with Gasteiger partial charge in [0.1, 0.15) is 11.3 Å². The first-order chi connectivity index (χ1) is 11.1. The van der Waals surface area contributed by atoms with E-state index in [2.05, 4.69) is 54.5 Å². The van der Waals surface area contributed by atoms with Crippen LogP contribution in [-0.2, 0) is 6.54 Å². The van der Waals surface area contributed by atoms with Crippen molar-refractivity contribution in [3.05, 3.63) is 64.8 Å². The van der Waals surface area contributed by atoms with Gasteiger partial charge in [-0.05, 0) is 49.6 Å². The third-order valence-electron chi connectivity index (χ3n) is 4.34. The summed E-state index contributed by atoms with van der Waals surface area (Å²) in [6.07, 6.45) is 0. The van der Waals surface area contributed by atoms with Crippen molar-refractivity contribution in [1.29, 1.82) is 0 Å². The average molecular weight is 306 g/mol. The molecule has 0 aliphatic heterocycles. The number of nitrogens with one attached hydrogen (secondary N) is 1. The minimum atomic E-state index is 0.795. The molecular formula is C20H22N2O. The molecular weight excluding hydrogens is 284 g/mol. The normalized spacial score (nSPS) is 10.8. The van der Waals surface area contributed by atoms with Crippen LogP contribution in [0.5, 0.6) is 5.75 Å². The Balaban J connectivity index is 1.98. The van der Waals surface area contributed by atoms with Gasteiger partial charge in [-0.2, -0.15) is 0 Å². The standard InChI is InChI=1S/C20H22N2O/c1-13-7-5-8-16(15(13)3)12-21-18-11-14(2)22-20-17(18)9-6-10-19(20)23-4/h5-11H,12H2,1-4H3,(H,21,22). The van der Waals surface area contributed by atoms with Gasteiger partial charge in [-0.25, -0.2) is 4.98 Å². The first-order valence-corrected chi connectivity index (χ1v) is 7.83. The maximum atomic E-state index is 5.44. The summed E-state index contributed by atoms with van der Waals surface area (Å²) in [4.78, 5) is 4.63. The van der Waals surface area contributed by atoms with Gasteiger partial charge < -0.3 is 10.1 Å². The van der Waals surface area contributed by atoms with Gasteiger partial charge >= 0.3 is 0 Å². The van der Waals surface area contributed by atoms with Crippen molar-refractivity contribution in [2.24, 2.45) is 0 Å². The van der Waals surface area contributed by atoms with Crippen LogP contribution in [0.15, 0.2) is 42.5 Å². The number of rotatable bonds is 4. The lowest BCUT2D eigenvalue weighted by molar-refractivity contribution is 0.419. The Hall–Kier alpha value is -2.55. The zero-order chi connectivity index (χ0) is 16.4. The monoisotopic (exact) mass is 306 g/mol. The molecule has 0 aliphatic rings. The molecule has 3 nitrogen and oxygen atoms in total. The first-order valence-electron chi connectivity index (χ1n) is 7.83. The molecule has 3 rings (SSSR count). The fourth-order valence-electron chi connectivity index (χ4n) is 2.86. The number of hydrogen-bond donors (Lipinski definition) is 1. The molecule has 0 unspecified atom stereocenters. The fraction of sp³-hybridized carbons (Fsp3) is 0.250. The third kappa shape index (κ3) is 3.00. The van der Waals surface area contributed by atoms with Crippen molar-refractivity contribution in [2.75, 3.05) is 12.4 Å². The molecule has 0 spiro atoms. The summed E-state index contributed by atoms with van der Waals surface area (Å²) < 4.78 is 5.44. The Morgan fingerprint density at radius 3 is 2.61 bits per heavy atom. The number of fused-ring (bicyclic) bond motifs is 1. The number of aryl methyl sites for hydroxylation is 2. The van der Waals surface area contributed by atoms with E-state index in [1.54, 1.807) is 7.11 Å². The van der Waals surface area contributed by atoms with Crippen molar-refractivity contribution >= 4 is 16.6 Å². The Morgan fingerprint density at radius 1 is 1.04 bits per heavy atom. The van der Waals surface area contributed by atoms with Gasteiger partial charge in [0.05, 0.1) is 7.11 Å². The van der Waals surface area contributed by atoms with Gasteiger partial charge in [0.25, 0.3) is 0 Å². The average Bonchev–Trinajstić information content (AvgIpc) is 2.55. The molecule has 0 amide bonds. The van der Waals surface area contributed by atoms with Crippen LogP contribution in [0.2, 0.25) is 0 Å². The van der Waals surface area contributed by atoms with Crippen LogP contribution in [0.25, 0.3) is 10.9 Å². The second-order valence-electron chi connectivity index (χ2n) is 5.88. The number of benzene rings is 2. The van der Waals surface area contributed by atoms with Crippen LogP contribution >= 0.6 is 0 Å². The van der Waals surface area contributed by atoms with E-state index in [0.717, 1.165) is 34.6 Å². The van der Waals surface area contributed by atoms with Crippen LogP contribution < -0.4 is 10.1 Å².